The lowest BCUT2D eigenvalue weighted by atomic mass is 10.2. The normalized spacial score (nSPS) is 16.7. The molecule has 0 bridgehead atoms. The third-order valence-electron chi connectivity index (χ3n) is 1.85. The summed E-state index contributed by atoms with van der Waals surface area (Å²) in [6, 6.07) is 9.60. The smallest absolute Gasteiger partial charge is 0.259 e. The molecule has 1 amide bonds. The summed E-state index contributed by atoms with van der Waals surface area (Å²) < 4.78 is 0.521. The quantitative estimate of drug-likeness (QED) is 0.580. The molecule has 0 N–H and O–H groups in total. The molecule has 1 aliphatic heterocycles. The first-order valence-corrected chi connectivity index (χ1v) is 5.75. The molecule has 2 rings (SSSR count). The van der Waals surface area contributed by atoms with Crippen LogP contribution in [0.25, 0.3) is 0 Å². The van der Waals surface area contributed by atoms with E-state index in [1.54, 1.807) is 6.21 Å². The number of nitrogens with zero attached hydrogens (tertiary/aromatic N) is 2. The van der Waals surface area contributed by atoms with E-state index in [4.69, 9.17) is 12.2 Å². The third-order valence-corrected chi connectivity index (χ3v) is 3.19. The van der Waals surface area contributed by atoms with Gasteiger partial charge in [0.05, 0.1) is 12.0 Å². The van der Waals surface area contributed by atoms with Gasteiger partial charge >= 0.3 is 0 Å². The lowest BCUT2D eigenvalue weighted by Gasteiger charge is -2.05. The van der Waals surface area contributed by atoms with Crippen LogP contribution in [-0.4, -0.2) is 27.2 Å². The second kappa shape index (κ2) is 4.55. The first-order chi connectivity index (χ1) is 7.27. The van der Waals surface area contributed by atoms with Gasteiger partial charge in [0.2, 0.25) is 0 Å². The number of hydrogen-bond donors (Lipinski definition) is 0. The predicted octanol–water partition coefficient (Wildman–Crippen LogP) is 1.88. The van der Waals surface area contributed by atoms with Gasteiger partial charge in [-0.2, -0.15) is 10.1 Å². The van der Waals surface area contributed by atoms with Crippen molar-refractivity contribution in [1.82, 2.24) is 5.01 Å². The summed E-state index contributed by atoms with van der Waals surface area (Å²) >= 11 is 6.33. The molecule has 1 fully saturated rings. The van der Waals surface area contributed by atoms with Crippen molar-refractivity contribution in [2.45, 2.75) is 0 Å². The molecule has 5 heteroatoms. The highest BCUT2D eigenvalue weighted by Gasteiger charge is 2.25. The van der Waals surface area contributed by atoms with Gasteiger partial charge in [0.1, 0.15) is 0 Å². The summed E-state index contributed by atoms with van der Waals surface area (Å²) in [4.78, 5) is 11.3. The van der Waals surface area contributed by atoms with Gasteiger partial charge in [-0.25, -0.2) is 0 Å². The first-order valence-electron chi connectivity index (χ1n) is 4.36. The largest absolute Gasteiger partial charge is 0.272 e. The Morgan fingerprint density at radius 1 is 1.40 bits per heavy atom. The molecule has 0 aromatic heterocycles. The zero-order valence-corrected chi connectivity index (χ0v) is 9.42. The topological polar surface area (TPSA) is 32.7 Å². The van der Waals surface area contributed by atoms with Gasteiger partial charge in [-0.3, -0.25) is 4.79 Å². The Bertz CT molecular complexity index is 401. The van der Waals surface area contributed by atoms with Crippen molar-refractivity contribution in [2.75, 3.05) is 5.75 Å². The predicted molar refractivity (Wildman–Crippen MR) is 65.9 cm³/mol. The molecule has 0 radical (unpaired) electrons. The van der Waals surface area contributed by atoms with E-state index in [1.165, 1.54) is 16.8 Å². The van der Waals surface area contributed by atoms with Crippen LogP contribution in [0.1, 0.15) is 5.56 Å². The number of thioether (sulfide) groups is 1. The molecule has 1 heterocycles. The molecule has 0 unspecified atom stereocenters. The van der Waals surface area contributed by atoms with E-state index in [-0.39, 0.29) is 5.91 Å². The van der Waals surface area contributed by atoms with Crippen molar-refractivity contribution >= 4 is 40.4 Å². The van der Waals surface area contributed by atoms with E-state index in [0.717, 1.165) is 5.56 Å². The average Bonchev–Trinajstić information content (AvgIpc) is 2.58. The van der Waals surface area contributed by atoms with Gasteiger partial charge in [0.25, 0.3) is 5.91 Å². The Morgan fingerprint density at radius 2 is 2.13 bits per heavy atom. The molecular weight excluding hydrogens is 228 g/mol. The van der Waals surface area contributed by atoms with Crippen molar-refractivity contribution in [3.63, 3.8) is 0 Å². The molecule has 15 heavy (non-hydrogen) atoms. The van der Waals surface area contributed by atoms with Crippen molar-refractivity contribution in [2.24, 2.45) is 5.10 Å². The maximum Gasteiger partial charge on any atom is 0.259 e. The summed E-state index contributed by atoms with van der Waals surface area (Å²) in [5.41, 5.74) is 0.949. The average molecular weight is 236 g/mol. The standard InChI is InChI=1S/C10H8N2OS2/c13-9-7-15-10(14)12(9)11-6-8-4-2-1-3-5-8/h1-6H,7H2/b11-6-. The lowest BCUT2D eigenvalue weighted by Crippen LogP contribution is -2.22. The van der Waals surface area contributed by atoms with Crippen molar-refractivity contribution < 1.29 is 4.79 Å². The van der Waals surface area contributed by atoms with Crippen molar-refractivity contribution in [3.05, 3.63) is 35.9 Å². The molecular formula is C10H8N2OS2. The molecule has 3 nitrogen and oxygen atoms in total. The second-order valence-electron chi connectivity index (χ2n) is 2.92. The lowest BCUT2D eigenvalue weighted by molar-refractivity contribution is -0.123. The van der Waals surface area contributed by atoms with Crippen LogP contribution in [0.5, 0.6) is 0 Å². The minimum absolute atomic E-state index is 0.0582. The number of amides is 1. The van der Waals surface area contributed by atoms with Crippen LogP contribution >= 0.6 is 24.0 Å². The molecule has 0 aliphatic carbocycles. The SMILES string of the molecule is O=C1CSC(=S)N1/N=C\c1ccccc1. The Morgan fingerprint density at radius 3 is 2.73 bits per heavy atom. The summed E-state index contributed by atoms with van der Waals surface area (Å²) in [6.07, 6.45) is 1.64. The van der Waals surface area contributed by atoms with Gasteiger partial charge in [0.15, 0.2) is 4.32 Å². The summed E-state index contributed by atoms with van der Waals surface area (Å²) in [6.45, 7) is 0. The van der Waals surface area contributed by atoms with Crippen LogP contribution in [0.2, 0.25) is 0 Å². The van der Waals surface area contributed by atoms with Gasteiger partial charge in [0, 0.05) is 0 Å². The van der Waals surface area contributed by atoms with Gasteiger partial charge < -0.3 is 0 Å². The summed E-state index contributed by atoms with van der Waals surface area (Å²) in [5, 5.41) is 5.32. The second-order valence-corrected chi connectivity index (χ2v) is 4.52. The van der Waals surface area contributed by atoms with Crippen LogP contribution < -0.4 is 0 Å². The number of hydrazone groups is 1. The zero-order chi connectivity index (χ0) is 10.7. The monoisotopic (exact) mass is 236 g/mol. The first kappa shape index (κ1) is 10.3. The van der Waals surface area contributed by atoms with E-state index in [2.05, 4.69) is 5.10 Å². The molecule has 1 aromatic carbocycles. The highest BCUT2D eigenvalue weighted by molar-refractivity contribution is 8.23. The van der Waals surface area contributed by atoms with Crippen LogP contribution in [0.4, 0.5) is 0 Å². The van der Waals surface area contributed by atoms with Crippen LogP contribution in [0.3, 0.4) is 0 Å². The van der Waals surface area contributed by atoms with E-state index in [9.17, 15) is 4.79 Å². The fourth-order valence-electron chi connectivity index (χ4n) is 1.12. The Balaban J connectivity index is 2.12. The van der Waals surface area contributed by atoms with Crippen LogP contribution in [0, 0.1) is 0 Å². The highest BCUT2D eigenvalue weighted by Crippen LogP contribution is 2.19. The number of benzene rings is 1. The Kier molecular flexibility index (Phi) is 3.13. The van der Waals surface area contributed by atoms with Crippen LogP contribution in [0.15, 0.2) is 35.4 Å². The number of rotatable bonds is 2. The van der Waals surface area contributed by atoms with Gasteiger partial charge in [-0.05, 0) is 5.56 Å². The minimum atomic E-state index is -0.0582. The van der Waals surface area contributed by atoms with E-state index >= 15 is 0 Å². The van der Waals surface area contributed by atoms with Gasteiger partial charge in [-0.15, -0.1) is 0 Å². The number of carbonyl (C=O) groups excluding carboxylic acids is 1. The van der Waals surface area contributed by atoms with Crippen molar-refractivity contribution in [1.29, 1.82) is 0 Å². The maximum atomic E-state index is 11.3. The Hall–Kier alpha value is -1.20. The highest BCUT2D eigenvalue weighted by atomic mass is 32.2. The maximum absolute atomic E-state index is 11.3. The van der Waals surface area contributed by atoms with E-state index < -0.39 is 0 Å². The van der Waals surface area contributed by atoms with E-state index in [1.807, 2.05) is 30.3 Å². The zero-order valence-electron chi connectivity index (χ0n) is 7.79. The van der Waals surface area contributed by atoms with Gasteiger partial charge in [-0.1, -0.05) is 54.3 Å². The van der Waals surface area contributed by atoms with Crippen molar-refractivity contribution in [3.8, 4) is 0 Å². The van der Waals surface area contributed by atoms with Crippen LogP contribution in [-0.2, 0) is 4.79 Å². The third kappa shape index (κ3) is 2.43. The Labute approximate surface area is 97.2 Å². The number of hydrogen-bond acceptors (Lipinski definition) is 4. The molecule has 1 aromatic rings. The molecule has 76 valence electrons. The molecule has 1 aliphatic rings. The number of thiocarbonyl (C=S) groups is 1. The minimum Gasteiger partial charge on any atom is -0.272 e. The van der Waals surface area contributed by atoms with E-state index in [0.29, 0.717) is 10.1 Å². The fraction of sp³-hybridized carbons (Fsp3) is 0.100. The number of carbonyl (C=O) groups is 1. The fourth-order valence-corrected chi connectivity index (χ4v) is 2.09. The molecule has 1 saturated heterocycles. The summed E-state index contributed by atoms with van der Waals surface area (Å²) in [7, 11) is 0. The molecule has 0 spiro atoms. The summed E-state index contributed by atoms with van der Waals surface area (Å²) in [5.74, 6) is 0.336. The molecule has 0 atom stereocenters. The molecule has 0 saturated carbocycles.